The van der Waals surface area contributed by atoms with E-state index in [1.807, 2.05) is 5.32 Å². The maximum atomic E-state index is 12.2. The van der Waals surface area contributed by atoms with Gasteiger partial charge in [-0.05, 0) is 37.1 Å². The highest BCUT2D eigenvalue weighted by molar-refractivity contribution is 5.90. The molecule has 10 heteroatoms. The molecule has 0 atom stereocenters. The summed E-state index contributed by atoms with van der Waals surface area (Å²) in [5, 5.41) is 22.0. The van der Waals surface area contributed by atoms with Gasteiger partial charge in [-0.3, -0.25) is 9.59 Å². The Morgan fingerprint density at radius 1 is 1.04 bits per heavy atom. The number of hydrogen-bond donors (Lipinski definition) is 4. The van der Waals surface area contributed by atoms with Crippen LogP contribution < -0.4 is 15.4 Å². The maximum Gasteiger partial charge on any atom is 0.453 e. The number of unbranched alkanes of at least 4 members (excludes halogenated alkanes) is 3. The molecule has 0 unspecified atom stereocenters. The minimum Gasteiger partial charge on any atom is -0.497 e. The van der Waals surface area contributed by atoms with Crippen molar-refractivity contribution in [3.05, 3.63) is 24.3 Å². The molecule has 0 aliphatic heterocycles. The SMILES string of the molecule is COc1ccc(NC(=O)CCCCCCNC(=O)C(O)(O)C(F)(F)F)cc1. The molecule has 0 spiro atoms. The lowest BCUT2D eigenvalue weighted by atomic mass is 10.1. The lowest BCUT2D eigenvalue weighted by Gasteiger charge is -2.22. The number of methoxy groups -OCH3 is 1. The van der Waals surface area contributed by atoms with Crippen LogP contribution in [-0.4, -0.2) is 47.6 Å². The van der Waals surface area contributed by atoms with E-state index in [2.05, 4.69) is 5.32 Å². The van der Waals surface area contributed by atoms with Crippen LogP contribution in [0.3, 0.4) is 0 Å². The quantitative estimate of drug-likeness (QED) is 0.360. The topological polar surface area (TPSA) is 108 Å². The van der Waals surface area contributed by atoms with Crippen molar-refractivity contribution in [1.82, 2.24) is 5.32 Å². The Morgan fingerprint density at radius 2 is 1.63 bits per heavy atom. The van der Waals surface area contributed by atoms with Gasteiger partial charge >= 0.3 is 12.0 Å². The Labute approximate surface area is 154 Å². The van der Waals surface area contributed by atoms with E-state index < -0.39 is 17.9 Å². The first kappa shape index (κ1) is 22.7. The van der Waals surface area contributed by atoms with Crippen molar-refractivity contribution in [2.75, 3.05) is 19.0 Å². The fourth-order valence-electron chi connectivity index (χ4n) is 2.12. The molecule has 4 N–H and O–H groups in total. The van der Waals surface area contributed by atoms with Gasteiger partial charge in [0.2, 0.25) is 5.91 Å². The first-order chi connectivity index (χ1) is 12.6. The number of halogens is 3. The van der Waals surface area contributed by atoms with E-state index in [1.54, 1.807) is 31.4 Å². The van der Waals surface area contributed by atoms with E-state index >= 15 is 0 Å². The van der Waals surface area contributed by atoms with Crippen molar-refractivity contribution >= 4 is 17.5 Å². The highest BCUT2D eigenvalue weighted by Gasteiger charge is 2.58. The van der Waals surface area contributed by atoms with Gasteiger partial charge in [-0.1, -0.05) is 12.8 Å². The van der Waals surface area contributed by atoms with Crippen molar-refractivity contribution in [3.63, 3.8) is 0 Å². The van der Waals surface area contributed by atoms with Crippen LogP contribution in [0.1, 0.15) is 32.1 Å². The van der Waals surface area contributed by atoms with Crippen molar-refractivity contribution in [1.29, 1.82) is 0 Å². The van der Waals surface area contributed by atoms with Gasteiger partial charge in [-0.2, -0.15) is 13.2 Å². The number of carbonyl (C=O) groups is 2. The lowest BCUT2D eigenvalue weighted by molar-refractivity contribution is -0.328. The van der Waals surface area contributed by atoms with Gasteiger partial charge < -0.3 is 25.6 Å². The molecule has 1 aromatic carbocycles. The predicted molar refractivity (Wildman–Crippen MR) is 90.9 cm³/mol. The Hall–Kier alpha value is -2.33. The summed E-state index contributed by atoms with van der Waals surface area (Å²) in [7, 11) is 1.54. The van der Waals surface area contributed by atoms with Crippen LogP contribution in [0.5, 0.6) is 5.75 Å². The second-order valence-electron chi connectivity index (χ2n) is 5.87. The van der Waals surface area contributed by atoms with Crippen molar-refractivity contribution in [3.8, 4) is 5.75 Å². The van der Waals surface area contributed by atoms with Crippen molar-refractivity contribution in [2.24, 2.45) is 0 Å². The zero-order valence-corrected chi connectivity index (χ0v) is 14.8. The van der Waals surface area contributed by atoms with E-state index in [-0.39, 0.29) is 18.9 Å². The lowest BCUT2D eigenvalue weighted by Crippen LogP contribution is -2.57. The van der Waals surface area contributed by atoms with Crippen molar-refractivity contribution < 1.29 is 37.7 Å². The summed E-state index contributed by atoms with van der Waals surface area (Å²) >= 11 is 0. The van der Waals surface area contributed by atoms with Gasteiger partial charge in [-0.15, -0.1) is 0 Å². The number of hydrogen-bond acceptors (Lipinski definition) is 5. The highest BCUT2D eigenvalue weighted by Crippen LogP contribution is 2.28. The van der Waals surface area contributed by atoms with Gasteiger partial charge in [0.05, 0.1) is 7.11 Å². The Kier molecular flexibility index (Phi) is 8.51. The van der Waals surface area contributed by atoms with E-state index in [0.717, 1.165) is 0 Å². The molecule has 1 rings (SSSR count). The number of carbonyl (C=O) groups excluding carboxylic acids is 2. The van der Waals surface area contributed by atoms with Crippen LogP contribution in [0.2, 0.25) is 0 Å². The smallest absolute Gasteiger partial charge is 0.453 e. The summed E-state index contributed by atoms with van der Waals surface area (Å²) in [6.45, 7) is -0.129. The summed E-state index contributed by atoms with van der Waals surface area (Å²) in [6, 6.07) is 6.86. The summed E-state index contributed by atoms with van der Waals surface area (Å²) < 4.78 is 41.7. The number of ether oxygens (including phenoxy) is 1. The van der Waals surface area contributed by atoms with Crippen LogP contribution >= 0.6 is 0 Å². The van der Waals surface area contributed by atoms with Crippen LogP contribution in [-0.2, 0) is 9.59 Å². The normalized spacial score (nSPS) is 11.8. The second kappa shape index (κ2) is 10.1. The summed E-state index contributed by atoms with van der Waals surface area (Å²) in [5.74, 6) is -5.79. The second-order valence-corrected chi connectivity index (χ2v) is 5.87. The molecule has 0 bridgehead atoms. The van der Waals surface area contributed by atoms with Crippen LogP contribution in [0.4, 0.5) is 18.9 Å². The molecule has 1 aromatic rings. The molecule has 0 saturated carbocycles. The Balaban J connectivity index is 2.14. The molecule has 0 aliphatic rings. The predicted octanol–water partition coefficient (Wildman–Crippen LogP) is 1.94. The van der Waals surface area contributed by atoms with E-state index in [0.29, 0.717) is 37.1 Å². The average molecular weight is 392 g/mol. The standard InChI is InChI=1S/C17H23F3N2O5/c1-27-13-9-7-12(8-10-13)22-14(23)6-4-2-3-5-11-21-15(24)16(25,26)17(18,19)20/h7-10,25-26H,2-6,11H2,1H3,(H,21,24)(H,22,23). The van der Waals surface area contributed by atoms with Crippen LogP contribution in [0.15, 0.2) is 24.3 Å². The van der Waals surface area contributed by atoms with Gasteiger partial charge in [0.1, 0.15) is 5.75 Å². The summed E-state index contributed by atoms with van der Waals surface area (Å²) in [5.41, 5.74) is 0.643. The third-order valence-corrected chi connectivity index (χ3v) is 3.70. The number of nitrogens with one attached hydrogen (secondary N) is 2. The molecule has 2 amide bonds. The third kappa shape index (κ3) is 7.43. The Bertz CT molecular complexity index is 618. The van der Waals surface area contributed by atoms with Crippen molar-refractivity contribution in [2.45, 2.75) is 44.1 Å². The fourth-order valence-corrected chi connectivity index (χ4v) is 2.12. The zero-order chi connectivity index (χ0) is 20.5. The van der Waals surface area contributed by atoms with Gasteiger partial charge in [0, 0.05) is 18.7 Å². The molecule has 7 nitrogen and oxygen atoms in total. The number of rotatable bonds is 10. The molecule has 0 radical (unpaired) electrons. The zero-order valence-electron chi connectivity index (χ0n) is 14.8. The average Bonchev–Trinajstić information content (AvgIpc) is 2.60. The highest BCUT2D eigenvalue weighted by atomic mass is 19.4. The third-order valence-electron chi connectivity index (χ3n) is 3.70. The van der Waals surface area contributed by atoms with E-state index in [1.165, 1.54) is 0 Å². The number of benzene rings is 1. The minimum atomic E-state index is -5.46. The molecular formula is C17H23F3N2O5. The number of aliphatic hydroxyl groups is 2. The summed E-state index contributed by atoms with van der Waals surface area (Å²) in [4.78, 5) is 22.9. The van der Waals surface area contributed by atoms with Gasteiger partial charge in [-0.25, -0.2) is 0 Å². The first-order valence-electron chi connectivity index (χ1n) is 8.31. The van der Waals surface area contributed by atoms with E-state index in [9.17, 15) is 22.8 Å². The van der Waals surface area contributed by atoms with Gasteiger partial charge in [0.25, 0.3) is 5.91 Å². The Morgan fingerprint density at radius 3 is 2.19 bits per heavy atom. The molecule has 0 fully saturated rings. The fraction of sp³-hybridized carbons (Fsp3) is 0.529. The minimum absolute atomic E-state index is 0.129. The number of alkyl halides is 3. The molecular weight excluding hydrogens is 369 g/mol. The van der Waals surface area contributed by atoms with Crippen LogP contribution in [0.25, 0.3) is 0 Å². The molecule has 0 aliphatic carbocycles. The molecule has 0 aromatic heterocycles. The molecule has 0 heterocycles. The van der Waals surface area contributed by atoms with Gasteiger partial charge in [0.15, 0.2) is 0 Å². The summed E-state index contributed by atoms with van der Waals surface area (Å²) in [6.07, 6.45) is -3.07. The first-order valence-corrected chi connectivity index (χ1v) is 8.31. The largest absolute Gasteiger partial charge is 0.497 e. The number of amides is 2. The maximum absolute atomic E-state index is 12.2. The molecule has 152 valence electrons. The van der Waals surface area contributed by atoms with Crippen LogP contribution in [0, 0.1) is 0 Å². The molecule has 27 heavy (non-hydrogen) atoms. The number of anilines is 1. The van der Waals surface area contributed by atoms with E-state index in [4.69, 9.17) is 14.9 Å². The molecule has 0 saturated heterocycles. The monoisotopic (exact) mass is 392 g/mol.